The Hall–Kier alpha value is -1.32. The molecule has 0 bridgehead atoms. The molecule has 1 aliphatic heterocycles. The number of hydrogen-bond donors (Lipinski definition) is 2. The summed E-state index contributed by atoms with van der Waals surface area (Å²) in [5.74, 6) is 0.278. The van der Waals surface area contributed by atoms with Crippen molar-refractivity contribution < 1.29 is 5.11 Å². The fourth-order valence-corrected chi connectivity index (χ4v) is 3.70. The molecule has 3 rings (SSSR count). The van der Waals surface area contributed by atoms with Crippen LogP contribution in [0.15, 0.2) is 24.3 Å². The van der Waals surface area contributed by atoms with Crippen LogP contribution in [0.2, 0.25) is 0 Å². The Kier molecular flexibility index (Phi) is 3.35. The van der Waals surface area contributed by atoms with Crippen molar-refractivity contribution in [1.29, 1.82) is 0 Å². The Morgan fingerprint density at radius 1 is 1.35 bits per heavy atom. The van der Waals surface area contributed by atoms with Crippen molar-refractivity contribution in [2.24, 2.45) is 13.0 Å². The lowest BCUT2D eigenvalue weighted by Gasteiger charge is -2.36. The number of para-hydroxylation sites is 1. The van der Waals surface area contributed by atoms with Crippen LogP contribution in [0.3, 0.4) is 0 Å². The van der Waals surface area contributed by atoms with E-state index in [2.05, 4.69) is 48.1 Å². The molecule has 2 unspecified atom stereocenters. The normalized spacial score (nSPS) is 22.9. The molecule has 0 amide bonds. The molecule has 3 nitrogen and oxygen atoms in total. The van der Waals surface area contributed by atoms with Crippen LogP contribution in [0.25, 0.3) is 10.9 Å². The van der Waals surface area contributed by atoms with Gasteiger partial charge in [-0.1, -0.05) is 18.2 Å². The van der Waals surface area contributed by atoms with Gasteiger partial charge in [-0.2, -0.15) is 0 Å². The third kappa shape index (κ3) is 1.97. The van der Waals surface area contributed by atoms with Gasteiger partial charge in [-0.05, 0) is 39.3 Å². The number of nitrogens with zero attached hydrogens (tertiary/aromatic N) is 1. The first-order valence-corrected chi connectivity index (χ1v) is 7.51. The smallest absolute Gasteiger partial charge is 0.0931 e. The van der Waals surface area contributed by atoms with Gasteiger partial charge < -0.3 is 15.0 Å². The van der Waals surface area contributed by atoms with E-state index in [0.29, 0.717) is 0 Å². The molecule has 1 aliphatic rings. The lowest BCUT2D eigenvalue weighted by molar-refractivity contribution is -0.0150. The van der Waals surface area contributed by atoms with Crippen LogP contribution in [0.5, 0.6) is 0 Å². The molecule has 2 aromatic rings. The molecule has 0 spiro atoms. The highest BCUT2D eigenvalue weighted by Crippen LogP contribution is 2.40. The maximum atomic E-state index is 11.2. The topological polar surface area (TPSA) is 37.2 Å². The van der Waals surface area contributed by atoms with E-state index in [1.165, 1.54) is 16.6 Å². The summed E-state index contributed by atoms with van der Waals surface area (Å²) in [6, 6.07) is 8.37. The van der Waals surface area contributed by atoms with Gasteiger partial charge in [0.1, 0.15) is 0 Å². The predicted octanol–water partition coefficient (Wildman–Crippen LogP) is 2.69. The van der Waals surface area contributed by atoms with Gasteiger partial charge in [0.15, 0.2) is 0 Å². The molecule has 0 radical (unpaired) electrons. The maximum Gasteiger partial charge on any atom is 0.0931 e. The average Bonchev–Trinajstić information content (AvgIpc) is 2.73. The number of benzene rings is 1. The van der Waals surface area contributed by atoms with E-state index < -0.39 is 5.60 Å². The van der Waals surface area contributed by atoms with Crippen molar-refractivity contribution in [1.82, 2.24) is 9.88 Å². The molecule has 1 aromatic heterocycles. The standard InChI is InChI=1S/C17H24N2O/c1-12-16(14-8-4-5-9-15(14)19(12)3)17(2,20)13-7-6-10-18-11-13/h4-5,8-9,13,18,20H,6-7,10-11H2,1-3H3. The van der Waals surface area contributed by atoms with E-state index in [1.54, 1.807) is 0 Å². The van der Waals surface area contributed by atoms with Gasteiger partial charge in [-0.15, -0.1) is 0 Å². The molecule has 0 saturated carbocycles. The van der Waals surface area contributed by atoms with Gasteiger partial charge in [-0.25, -0.2) is 0 Å². The van der Waals surface area contributed by atoms with Crippen LogP contribution in [0.4, 0.5) is 0 Å². The molecular formula is C17H24N2O. The third-order valence-electron chi connectivity index (χ3n) is 5.00. The highest BCUT2D eigenvalue weighted by molar-refractivity contribution is 5.86. The summed E-state index contributed by atoms with van der Waals surface area (Å²) >= 11 is 0. The van der Waals surface area contributed by atoms with Crippen molar-refractivity contribution in [3.63, 3.8) is 0 Å². The first kappa shape index (κ1) is 13.7. The SMILES string of the molecule is Cc1c(C(C)(O)C2CCCNC2)c2ccccc2n1C. The van der Waals surface area contributed by atoms with Crippen LogP contribution in [0, 0.1) is 12.8 Å². The molecule has 1 aromatic carbocycles. The summed E-state index contributed by atoms with van der Waals surface area (Å²) in [4.78, 5) is 0. The van der Waals surface area contributed by atoms with Crippen LogP contribution in [-0.4, -0.2) is 22.8 Å². The second kappa shape index (κ2) is 4.90. The Morgan fingerprint density at radius 3 is 2.80 bits per heavy atom. The van der Waals surface area contributed by atoms with Gasteiger partial charge in [-0.3, -0.25) is 0 Å². The number of aliphatic hydroxyl groups is 1. The van der Waals surface area contributed by atoms with Crippen molar-refractivity contribution in [2.75, 3.05) is 13.1 Å². The van der Waals surface area contributed by atoms with Crippen LogP contribution in [0.1, 0.15) is 31.0 Å². The first-order chi connectivity index (χ1) is 9.53. The minimum atomic E-state index is -0.779. The van der Waals surface area contributed by atoms with Gasteiger partial charge in [0.2, 0.25) is 0 Å². The Labute approximate surface area is 120 Å². The predicted molar refractivity (Wildman–Crippen MR) is 82.8 cm³/mol. The molecule has 20 heavy (non-hydrogen) atoms. The van der Waals surface area contributed by atoms with Crippen molar-refractivity contribution in [3.8, 4) is 0 Å². The minimum absolute atomic E-state index is 0.278. The fourth-order valence-electron chi connectivity index (χ4n) is 3.70. The zero-order valence-corrected chi connectivity index (χ0v) is 12.6. The van der Waals surface area contributed by atoms with Crippen LogP contribution in [-0.2, 0) is 12.6 Å². The van der Waals surface area contributed by atoms with Crippen molar-refractivity contribution in [2.45, 2.75) is 32.3 Å². The minimum Gasteiger partial charge on any atom is -0.385 e. The largest absolute Gasteiger partial charge is 0.385 e. The van der Waals surface area contributed by atoms with E-state index in [4.69, 9.17) is 0 Å². The molecule has 1 fully saturated rings. The van der Waals surface area contributed by atoms with Gasteiger partial charge in [0, 0.05) is 41.7 Å². The molecule has 108 valence electrons. The molecule has 1 saturated heterocycles. The summed E-state index contributed by atoms with van der Waals surface area (Å²) in [6.07, 6.45) is 2.23. The number of piperidine rings is 1. The zero-order valence-electron chi connectivity index (χ0n) is 12.6. The molecule has 3 heteroatoms. The lowest BCUT2D eigenvalue weighted by Crippen LogP contribution is -2.42. The first-order valence-electron chi connectivity index (χ1n) is 7.51. The monoisotopic (exact) mass is 272 g/mol. The molecule has 2 heterocycles. The van der Waals surface area contributed by atoms with Crippen LogP contribution < -0.4 is 5.32 Å². The van der Waals surface area contributed by atoms with Crippen LogP contribution >= 0.6 is 0 Å². The highest BCUT2D eigenvalue weighted by atomic mass is 16.3. The summed E-state index contributed by atoms with van der Waals surface area (Å²) < 4.78 is 2.19. The summed E-state index contributed by atoms with van der Waals surface area (Å²) in [5, 5.41) is 15.9. The quantitative estimate of drug-likeness (QED) is 0.882. The zero-order chi connectivity index (χ0) is 14.3. The average molecular weight is 272 g/mol. The molecular weight excluding hydrogens is 248 g/mol. The van der Waals surface area contributed by atoms with Gasteiger partial charge >= 0.3 is 0 Å². The number of aryl methyl sites for hydroxylation is 1. The van der Waals surface area contributed by atoms with Gasteiger partial charge in [0.25, 0.3) is 0 Å². The van der Waals surface area contributed by atoms with Gasteiger partial charge in [0.05, 0.1) is 5.60 Å². The number of fused-ring (bicyclic) bond motifs is 1. The summed E-state index contributed by atoms with van der Waals surface area (Å²) in [5.41, 5.74) is 2.69. The molecule has 2 N–H and O–H groups in total. The Morgan fingerprint density at radius 2 is 2.10 bits per heavy atom. The van der Waals surface area contributed by atoms with Crippen molar-refractivity contribution in [3.05, 3.63) is 35.5 Å². The van der Waals surface area contributed by atoms with E-state index in [1.807, 2.05) is 6.92 Å². The number of nitrogens with one attached hydrogen (secondary N) is 1. The number of rotatable bonds is 2. The highest BCUT2D eigenvalue weighted by Gasteiger charge is 2.38. The number of aromatic nitrogens is 1. The maximum absolute atomic E-state index is 11.2. The second-order valence-electron chi connectivity index (χ2n) is 6.23. The lowest BCUT2D eigenvalue weighted by atomic mass is 9.77. The molecule has 0 aliphatic carbocycles. The summed E-state index contributed by atoms with van der Waals surface area (Å²) in [6.45, 7) is 6.07. The third-order valence-corrected chi connectivity index (χ3v) is 5.00. The Bertz CT molecular complexity index is 621. The fraction of sp³-hybridized carbons (Fsp3) is 0.529. The summed E-state index contributed by atoms with van der Waals surface area (Å²) in [7, 11) is 2.08. The van der Waals surface area contributed by atoms with E-state index in [-0.39, 0.29) is 5.92 Å². The van der Waals surface area contributed by atoms with E-state index >= 15 is 0 Å². The van der Waals surface area contributed by atoms with E-state index in [9.17, 15) is 5.11 Å². The van der Waals surface area contributed by atoms with E-state index in [0.717, 1.165) is 31.5 Å². The molecule has 2 atom stereocenters. The van der Waals surface area contributed by atoms with Crippen molar-refractivity contribution >= 4 is 10.9 Å². The number of hydrogen-bond acceptors (Lipinski definition) is 2. The Balaban J connectivity index is 2.15. The second-order valence-corrected chi connectivity index (χ2v) is 6.23.